The normalized spacial score (nSPS) is 43.4. The van der Waals surface area contributed by atoms with E-state index in [0.717, 1.165) is 0 Å². The van der Waals surface area contributed by atoms with Crippen LogP contribution in [0.5, 0.6) is 0 Å². The van der Waals surface area contributed by atoms with Gasteiger partial charge in [0.2, 0.25) is 5.79 Å². The summed E-state index contributed by atoms with van der Waals surface area (Å²) in [4.78, 5) is 0. The minimum atomic E-state index is -4.25. The van der Waals surface area contributed by atoms with Crippen molar-refractivity contribution >= 4 is 10.3 Å². The largest absolute Gasteiger partial charge is 0.345 e. The molecule has 3 aliphatic heterocycles. The van der Waals surface area contributed by atoms with E-state index < -0.39 is 46.0 Å². The molecule has 3 fully saturated rings. The molecule has 1 spiro atoms. The van der Waals surface area contributed by atoms with Crippen molar-refractivity contribution in [2.45, 2.75) is 63.4 Å². The average molecular weight is 339 g/mol. The summed E-state index contributed by atoms with van der Waals surface area (Å²) in [5, 5.41) is 5.04. The summed E-state index contributed by atoms with van der Waals surface area (Å²) in [5.41, 5.74) is 0. The summed E-state index contributed by atoms with van der Waals surface area (Å²) in [6.07, 6.45) is -2.33. The summed E-state index contributed by atoms with van der Waals surface area (Å²) in [6, 6.07) is 0. The van der Waals surface area contributed by atoms with E-state index >= 15 is 0 Å². The molecule has 0 radical (unpaired) electrons. The zero-order valence-electron chi connectivity index (χ0n) is 12.9. The highest BCUT2D eigenvalue weighted by Gasteiger charge is 2.64. The summed E-state index contributed by atoms with van der Waals surface area (Å²) < 4.78 is 56.5. The molecule has 10 heteroatoms. The SMILES string of the molecule is CC1(C)O[C@H]2[C@H](CO[C@]3(COC(C)(C)O3)[C@@H]2OS(N)(=O)=O)O1. The van der Waals surface area contributed by atoms with Crippen molar-refractivity contribution in [2.24, 2.45) is 5.14 Å². The average Bonchev–Trinajstić information content (AvgIpc) is 2.79. The number of hydrogen-bond donors (Lipinski definition) is 1. The monoisotopic (exact) mass is 339 g/mol. The Bertz CT molecular complexity index is 559. The van der Waals surface area contributed by atoms with Gasteiger partial charge in [-0.2, -0.15) is 8.42 Å². The standard InChI is InChI=1S/C12H21NO8S/c1-10(2)17-6-12(21-10)9(20-22(13,14)15)8-7(5-16-12)18-11(3,4)19-8/h7-9H,5-6H2,1-4H3,(H2,13,14,15)/t7-,8-,9+,12-/m0/s1. The van der Waals surface area contributed by atoms with E-state index in [2.05, 4.69) is 0 Å². The maximum atomic E-state index is 11.5. The smallest absolute Gasteiger partial charge is 0.333 e. The first-order valence-corrected chi connectivity index (χ1v) is 8.43. The first kappa shape index (κ1) is 16.5. The predicted octanol–water partition coefficient (Wildman–Crippen LogP) is -0.395. The summed E-state index contributed by atoms with van der Waals surface area (Å²) >= 11 is 0. The second kappa shape index (κ2) is 4.84. The molecule has 9 nitrogen and oxygen atoms in total. The van der Waals surface area contributed by atoms with Crippen LogP contribution in [0, 0.1) is 0 Å². The number of fused-ring (bicyclic) bond motifs is 1. The van der Waals surface area contributed by atoms with Gasteiger partial charge in [0.15, 0.2) is 17.7 Å². The Morgan fingerprint density at radius 1 is 1.09 bits per heavy atom. The molecule has 3 rings (SSSR count). The highest BCUT2D eigenvalue weighted by Crippen LogP contribution is 2.45. The van der Waals surface area contributed by atoms with Crippen LogP contribution in [-0.4, -0.2) is 57.3 Å². The van der Waals surface area contributed by atoms with Crippen molar-refractivity contribution < 1.29 is 36.3 Å². The Kier molecular flexibility index (Phi) is 3.63. The Morgan fingerprint density at radius 3 is 2.32 bits per heavy atom. The topological polar surface area (TPSA) is 116 Å². The lowest BCUT2D eigenvalue weighted by molar-refractivity contribution is -0.320. The lowest BCUT2D eigenvalue weighted by Crippen LogP contribution is -2.63. The number of ether oxygens (including phenoxy) is 5. The van der Waals surface area contributed by atoms with Crippen LogP contribution in [0.1, 0.15) is 27.7 Å². The van der Waals surface area contributed by atoms with Gasteiger partial charge in [-0.1, -0.05) is 0 Å². The minimum absolute atomic E-state index is 0.00675. The van der Waals surface area contributed by atoms with Crippen LogP contribution >= 0.6 is 0 Å². The Morgan fingerprint density at radius 2 is 1.77 bits per heavy atom. The molecule has 0 aromatic heterocycles. The highest BCUT2D eigenvalue weighted by molar-refractivity contribution is 7.84. The lowest BCUT2D eigenvalue weighted by atomic mass is 9.97. The van der Waals surface area contributed by atoms with Crippen LogP contribution in [0.2, 0.25) is 0 Å². The van der Waals surface area contributed by atoms with Gasteiger partial charge in [-0.15, -0.1) is 0 Å². The van der Waals surface area contributed by atoms with E-state index in [1.807, 2.05) is 0 Å². The molecule has 3 aliphatic rings. The van der Waals surface area contributed by atoms with Crippen molar-refractivity contribution in [2.75, 3.05) is 13.2 Å². The third kappa shape index (κ3) is 3.02. The second-order valence-corrected chi connectivity index (χ2v) is 7.74. The zero-order valence-corrected chi connectivity index (χ0v) is 13.7. The van der Waals surface area contributed by atoms with Crippen molar-refractivity contribution in [3.8, 4) is 0 Å². The number of nitrogens with two attached hydrogens (primary N) is 1. The van der Waals surface area contributed by atoms with Crippen LogP contribution < -0.4 is 5.14 Å². The fraction of sp³-hybridized carbons (Fsp3) is 1.00. The van der Waals surface area contributed by atoms with Crippen molar-refractivity contribution in [1.29, 1.82) is 0 Å². The molecule has 0 aromatic carbocycles. The molecule has 2 N–H and O–H groups in total. The van der Waals surface area contributed by atoms with Crippen LogP contribution in [0.4, 0.5) is 0 Å². The Hall–Kier alpha value is -0.330. The van der Waals surface area contributed by atoms with Gasteiger partial charge in [-0.05, 0) is 27.7 Å². The molecule has 3 heterocycles. The third-order valence-electron chi connectivity index (χ3n) is 3.72. The molecule has 128 valence electrons. The third-order valence-corrected chi connectivity index (χ3v) is 4.20. The quantitative estimate of drug-likeness (QED) is 0.723. The number of hydrogen-bond acceptors (Lipinski definition) is 8. The molecule has 0 aromatic rings. The van der Waals surface area contributed by atoms with Gasteiger partial charge in [0, 0.05) is 0 Å². The second-order valence-electron chi connectivity index (χ2n) is 6.56. The van der Waals surface area contributed by atoms with E-state index in [-0.39, 0.29) is 13.2 Å². The minimum Gasteiger partial charge on any atom is -0.345 e. The summed E-state index contributed by atoms with van der Waals surface area (Å²) in [6.45, 7) is 7.00. The molecule has 0 amide bonds. The van der Waals surface area contributed by atoms with E-state index in [0.29, 0.717) is 0 Å². The molecule has 3 saturated heterocycles. The molecule has 0 saturated carbocycles. The lowest BCUT2D eigenvalue weighted by Gasteiger charge is -2.42. The fourth-order valence-electron chi connectivity index (χ4n) is 3.04. The van der Waals surface area contributed by atoms with E-state index in [9.17, 15) is 8.42 Å². The van der Waals surface area contributed by atoms with Crippen molar-refractivity contribution in [3.05, 3.63) is 0 Å². The maximum absolute atomic E-state index is 11.5. The summed E-state index contributed by atoms with van der Waals surface area (Å²) in [5.74, 6) is -3.25. The van der Waals surface area contributed by atoms with Gasteiger partial charge in [-0.3, -0.25) is 0 Å². The molecule has 0 aliphatic carbocycles. The summed E-state index contributed by atoms with van der Waals surface area (Å²) in [7, 11) is -4.25. The van der Waals surface area contributed by atoms with E-state index in [4.69, 9.17) is 33.0 Å². The van der Waals surface area contributed by atoms with Crippen LogP contribution in [0.25, 0.3) is 0 Å². The molecule has 22 heavy (non-hydrogen) atoms. The van der Waals surface area contributed by atoms with Gasteiger partial charge in [0.05, 0.1) is 6.61 Å². The highest BCUT2D eigenvalue weighted by atomic mass is 32.2. The Labute approximate surface area is 129 Å². The van der Waals surface area contributed by atoms with Crippen molar-refractivity contribution in [1.82, 2.24) is 0 Å². The van der Waals surface area contributed by atoms with Gasteiger partial charge in [-0.25, -0.2) is 9.32 Å². The number of rotatable bonds is 2. The molecule has 0 bridgehead atoms. The molecule has 0 unspecified atom stereocenters. The van der Waals surface area contributed by atoms with Gasteiger partial charge in [0.25, 0.3) is 0 Å². The van der Waals surface area contributed by atoms with Gasteiger partial charge in [0.1, 0.15) is 18.8 Å². The zero-order chi connectivity index (χ0) is 16.4. The predicted molar refractivity (Wildman–Crippen MR) is 71.6 cm³/mol. The molecular formula is C12H21NO8S. The van der Waals surface area contributed by atoms with Crippen molar-refractivity contribution in [3.63, 3.8) is 0 Å². The molecule has 4 atom stereocenters. The van der Waals surface area contributed by atoms with E-state index in [1.165, 1.54) is 0 Å². The Balaban J connectivity index is 1.94. The van der Waals surface area contributed by atoms with Crippen LogP contribution in [0.3, 0.4) is 0 Å². The first-order chi connectivity index (χ1) is 9.92. The van der Waals surface area contributed by atoms with Crippen LogP contribution in [0.15, 0.2) is 0 Å². The van der Waals surface area contributed by atoms with Gasteiger partial charge >= 0.3 is 10.3 Å². The fourth-order valence-corrected chi connectivity index (χ4v) is 3.58. The molecular weight excluding hydrogens is 318 g/mol. The van der Waals surface area contributed by atoms with Gasteiger partial charge < -0.3 is 23.7 Å². The van der Waals surface area contributed by atoms with Crippen LogP contribution in [-0.2, 0) is 38.2 Å². The van der Waals surface area contributed by atoms with E-state index in [1.54, 1.807) is 27.7 Å². The first-order valence-electron chi connectivity index (χ1n) is 6.96. The maximum Gasteiger partial charge on any atom is 0.333 e.